The fraction of sp³-hybridized carbons (Fsp3) is 0.0625. The van der Waals surface area contributed by atoms with Crippen molar-refractivity contribution in [3.05, 3.63) is 48.5 Å². The Bertz CT molecular complexity index is 1360. The van der Waals surface area contributed by atoms with Crippen molar-refractivity contribution >= 4 is 49.2 Å². The summed E-state index contributed by atoms with van der Waals surface area (Å²) in [6, 6.07) is 7.34. The van der Waals surface area contributed by atoms with Crippen LogP contribution in [0, 0.1) is 0 Å². The van der Waals surface area contributed by atoms with Crippen molar-refractivity contribution in [3.8, 4) is 0 Å². The molecule has 0 bridgehead atoms. The first-order valence-electron chi connectivity index (χ1n) is 8.10. The molecule has 1 aliphatic rings. The van der Waals surface area contributed by atoms with Gasteiger partial charge >= 0.3 is 94.6 Å². The quantitative estimate of drug-likeness (QED) is 0.181. The first-order chi connectivity index (χ1) is 14.4. The van der Waals surface area contributed by atoms with Gasteiger partial charge in [-0.25, -0.2) is 4.79 Å². The first kappa shape index (κ1) is 33.5. The van der Waals surface area contributed by atoms with E-state index in [1.807, 2.05) is 0 Å². The second-order valence-electron chi connectivity index (χ2n) is 5.97. The largest absolute Gasteiger partial charge is 1.00 e. The summed E-state index contributed by atoms with van der Waals surface area (Å²) >= 11 is 0. The minimum atomic E-state index is -4.66. The van der Waals surface area contributed by atoms with Gasteiger partial charge in [0.15, 0.2) is 5.71 Å². The molecule has 1 amide bonds. The van der Waals surface area contributed by atoms with Gasteiger partial charge in [-0.05, 0) is 36.4 Å². The number of carbonyl (C=O) groups excluding carboxylic acids is 1. The predicted molar refractivity (Wildman–Crippen MR) is 107 cm³/mol. The molecule has 2 aromatic carbocycles. The van der Waals surface area contributed by atoms with Gasteiger partial charge in [-0.2, -0.15) is 37.2 Å². The third-order valence-corrected chi connectivity index (χ3v) is 5.70. The summed E-state index contributed by atoms with van der Waals surface area (Å²) in [5.41, 5.74) is -1.08. The third-order valence-electron chi connectivity index (χ3n) is 3.93. The standard InChI is InChI=1S/C16H12N4O9S2.3Na.3H/c21-15-13(18-17-11-3-1-2-4-12(11)31(27,28)29)14(16(22)23)19-20(15)9-5-7-10(8-6-9)30(24,25)26;;;;;;/h1-8,13H,(H,22,23)(H,24,25,26)(H,27,28,29);;;;;;/q;3*+1;3*-1. The van der Waals surface area contributed by atoms with Gasteiger partial charge in [0, 0.05) is 0 Å². The number of hydrogen-bond donors (Lipinski definition) is 3. The summed E-state index contributed by atoms with van der Waals surface area (Å²) in [5, 5.41) is 20.8. The smallest absolute Gasteiger partial charge is 1.00 e. The van der Waals surface area contributed by atoms with E-state index >= 15 is 0 Å². The van der Waals surface area contributed by atoms with Crippen molar-refractivity contribution in [2.75, 3.05) is 5.01 Å². The Hall–Kier alpha value is -0.530. The van der Waals surface area contributed by atoms with Crippen LogP contribution in [0.25, 0.3) is 0 Å². The molecule has 1 aliphatic heterocycles. The molecule has 168 valence electrons. The molecule has 3 rings (SSSR count). The number of hydrogen-bond acceptors (Lipinski definition) is 9. The minimum absolute atomic E-state index is 0. The molecule has 13 nitrogen and oxygen atoms in total. The molecular formula is C16H15N4Na3O9S2. The van der Waals surface area contributed by atoms with Crippen molar-refractivity contribution < 1.29 is 134 Å². The van der Waals surface area contributed by atoms with Gasteiger partial charge in [-0.1, -0.05) is 12.1 Å². The molecule has 0 aliphatic carbocycles. The van der Waals surface area contributed by atoms with Crippen LogP contribution in [0.15, 0.2) is 73.7 Å². The maximum Gasteiger partial charge on any atom is 1.00 e. The monoisotopic (exact) mass is 540 g/mol. The molecule has 0 saturated carbocycles. The number of amides is 1. The molecule has 1 unspecified atom stereocenters. The zero-order valence-electron chi connectivity index (χ0n) is 21.1. The zero-order valence-corrected chi connectivity index (χ0v) is 25.7. The number of nitrogens with zero attached hydrogens (tertiary/aromatic N) is 4. The van der Waals surface area contributed by atoms with Crippen LogP contribution in [-0.4, -0.2) is 54.7 Å². The average Bonchev–Trinajstić information content (AvgIpc) is 3.02. The van der Waals surface area contributed by atoms with Crippen LogP contribution in [-0.2, 0) is 29.8 Å². The van der Waals surface area contributed by atoms with Crippen molar-refractivity contribution in [1.82, 2.24) is 0 Å². The number of carbonyl (C=O) groups is 2. The van der Waals surface area contributed by atoms with Gasteiger partial charge in [-0.15, -0.1) is 0 Å². The van der Waals surface area contributed by atoms with Crippen LogP contribution in [0.5, 0.6) is 0 Å². The van der Waals surface area contributed by atoms with Crippen LogP contribution in [0.3, 0.4) is 0 Å². The van der Waals surface area contributed by atoms with Crippen LogP contribution in [0.4, 0.5) is 11.4 Å². The van der Waals surface area contributed by atoms with Gasteiger partial charge in [0.2, 0.25) is 6.04 Å². The van der Waals surface area contributed by atoms with Gasteiger partial charge in [0.25, 0.3) is 26.1 Å². The summed E-state index contributed by atoms with van der Waals surface area (Å²) in [7, 11) is -9.14. The Morgan fingerprint density at radius 1 is 0.941 bits per heavy atom. The summed E-state index contributed by atoms with van der Waals surface area (Å²) < 4.78 is 63.3. The number of hydrazone groups is 1. The second kappa shape index (κ2) is 13.1. The molecule has 0 fully saturated rings. The van der Waals surface area contributed by atoms with Crippen LogP contribution >= 0.6 is 0 Å². The number of anilines is 1. The van der Waals surface area contributed by atoms with Crippen LogP contribution in [0.2, 0.25) is 0 Å². The number of carboxylic acids is 1. The maximum atomic E-state index is 12.7. The van der Waals surface area contributed by atoms with E-state index in [1.54, 1.807) is 0 Å². The van der Waals surface area contributed by atoms with Gasteiger partial charge in [0.1, 0.15) is 10.6 Å². The van der Waals surface area contributed by atoms with Gasteiger partial charge < -0.3 is 9.39 Å². The van der Waals surface area contributed by atoms with Gasteiger partial charge in [0.05, 0.1) is 10.6 Å². The van der Waals surface area contributed by atoms with E-state index in [1.165, 1.54) is 18.2 Å². The van der Waals surface area contributed by atoms with E-state index in [0.717, 1.165) is 30.3 Å². The zero-order chi connectivity index (χ0) is 23.0. The van der Waals surface area contributed by atoms with E-state index in [-0.39, 0.29) is 104 Å². The molecule has 2 aromatic rings. The molecule has 0 saturated heterocycles. The van der Waals surface area contributed by atoms with E-state index in [2.05, 4.69) is 15.3 Å². The number of carboxylic acid groups (broad SMARTS) is 1. The summed E-state index contributed by atoms with van der Waals surface area (Å²) in [6.07, 6.45) is 0. The second-order valence-corrected chi connectivity index (χ2v) is 8.78. The van der Waals surface area contributed by atoms with E-state index in [0.29, 0.717) is 5.01 Å². The van der Waals surface area contributed by atoms with Crippen molar-refractivity contribution in [2.45, 2.75) is 15.8 Å². The number of rotatable bonds is 6. The Kier molecular flexibility index (Phi) is 12.9. The molecule has 3 N–H and O–H groups in total. The fourth-order valence-corrected chi connectivity index (χ4v) is 3.63. The Morgan fingerprint density at radius 2 is 1.50 bits per heavy atom. The third kappa shape index (κ3) is 7.73. The summed E-state index contributed by atoms with van der Waals surface area (Å²) in [6.45, 7) is 0. The van der Waals surface area contributed by atoms with Crippen LogP contribution < -0.4 is 93.7 Å². The van der Waals surface area contributed by atoms with E-state index < -0.39 is 53.7 Å². The van der Waals surface area contributed by atoms with Crippen molar-refractivity contribution in [2.24, 2.45) is 15.3 Å². The first-order valence-corrected chi connectivity index (χ1v) is 11.0. The summed E-state index contributed by atoms with van der Waals surface area (Å²) in [4.78, 5) is 23.1. The summed E-state index contributed by atoms with van der Waals surface area (Å²) in [5.74, 6) is -2.57. The Balaban J connectivity index is -0.000000907. The molecule has 1 heterocycles. The van der Waals surface area contributed by atoms with E-state index in [9.17, 15) is 36.1 Å². The molecule has 18 heteroatoms. The number of azo groups is 1. The van der Waals surface area contributed by atoms with Crippen molar-refractivity contribution in [1.29, 1.82) is 0 Å². The number of aliphatic carboxylic acids is 1. The molecule has 0 aromatic heterocycles. The molecule has 0 spiro atoms. The predicted octanol–water partition coefficient (Wildman–Crippen LogP) is -7.53. The Labute approximate surface area is 264 Å². The van der Waals surface area contributed by atoms with E-state index in [4.69, 9.17) is 4.55 Å². The molecule has 34 heavy (non-hydrogen) atoms. The number of benzene rings is 2. The average molecular weight is 540 g/mol. The molecule has 0 radical (unpaired) electrons. The Morgan fingerprint density at radius 3 is 2.00 bits per heavy atom. The normalized spacial score (nSPS) is 15.7. The van der Waals surface area contributed by atoms with Gasteiger partial charge in [-0.3, -0.25) is 13.9 Å². The topological polar surface area (TPSA) is 203 Å². The fourth-order valence-electron chi connectivity index (χ4n) is 2.53. The molecular weight excluding hydrogens is 525 g/mol. The van der Waals surface area contributed by atoms with Crippen molar-refractivity contribution in [3.63, 3.8) is 0 Å². The minimum Gasteiger partial charge on any atom is -1.00 e. The maximum absolute atomic E-state index is 12.7. The molecule has 1 atom stereocenters. The SMILES string of the molecule is O=C(O)C1=NN(c2ccc(S(=O)(=O)O)cc2)C(=O)C1N=Nc1ccccc1S(=O)(=O)O.[H-].[H-].[H-].[Na+].[Na+].[Na+]. The van der Waals surface area contributed by atoms with Crippen LogP contribution in [0.1, 0.15) is 4.28 Å².